The molecular formula is C23H24N6O3S. The fourth-order valence-electron chi connectivity index (χ4n) is 3.47. The summed E-state index contributed by atoms with van der Waals surface area (Å²) in [6.45, 7) is 5.30. The summed E-state index contributed by atoms with van der Waals surface area (Å²) in [5.41, 5.74) is 7.07. The predicted octanol–water partition coefficient (Wildman–Crippen LogP) is 2.77. The molecule has 0 aliphatic carbocycles. The first-order valence-electron chi connectivity index (χ1n) is 10.4. The van der Waals surface area contributed by atoms with Crippen LogP contribution in [0.2, 0.25) is 0 Å². The first-order valence-corrected chi connectivity index (χ1v) is 11.6. The Kier molecular flexibility index (Phi) is 6.45. The molecule has 2 aromatic carbocycles. The molecule has 0 aliphatic heterocycles. The number of ether oxygens (including phenoxy) is 1. The zero-order chi connectivity index (χ0) is 23.5. The van der Waals surface area contributed by atoms with Gasteiger partial charge in [0.2, 0.25) is 11.1 Å². The summed E-state index contributed by atoms with van der Waals surface area (Å²) in [5.74, 6) is 0.232. The lowest BCUT2D eigenvalue weighted by Gasteiger charge is -2.16. The quantitative estimate of drug-likeness (QED) is 0.333. The Morgan fingerprint density at radius 1 is 1.09 bits per heavy atom. The molecule has 0 saturated heterocycles. The number of benzene rings is 2. The highest BCUT2D eigenvalue weighted by Gasteiger charge is 2.18. The molecule has 2 N–H and O–H groups in total. The lowest BCUT2D eigenvalue weighted by Crippen LogP contribution is -2.47. The third-order valence-electron chi connectivity index (χ3n) is 5.28. The van der Waals surface area contributed by atoms with Crippen molar-refractivity contribution in [1.82, 2.24) is 30.4 Å². The fraction of sp³-hybridized carbons (Fsp3) is 0.261. The highest BCUT2D eigenvalue weighted by atomic mass is 32.2. The third-order valence-corrected chi connectivity index (χ3v) is 5.82. The average Bonchev–Trinajstić information content (AvgIpc) is 3.23. The van der Waals surface area contributed by atoms with Crippen LogP contribution in [0.4, 0.5) is 0 Å². The van der Waals surface area contributed by atoms with Crippen LogP contribution in [-0.2, 0) is 16.0 Å². The maximum Gasteiger partial charge on any atom is 0.279 e. The molecule has 2 amide bonds. The van der Waals surface area contributed by atoms with Gasteiger partial charge >= 0.3 is 0 Å². The molecule has 1 unspecified atom stereocenters. The average molecular weight is 465 g/mol. The number of aromatic nitrogens is 4. The number of carbonyl (C=O) groups is 2. The minimum absolute atomic E-state index is 0.0370. The van der Waals surface area contributed by atoms with Crippen LogP contribution in [-0.4, -0.2) is 43.8 Å². The van der Waals surface area contributed by atoms with Crippen molar-refractivity contribution in [2.24, 2.45) is 0 Å². The van der Waals surface area contributed by atoms with Crippen LogP contribution >= 0.6 is 11.8 Å². The van der Waals surface area contributed by atoms with Crippen molar-refractivity contribution in [2.75, 3.05) is 6.26 Å². The molecule has 4 aromatic rings. The van der Waals surface area contributed by atoms with Gasteiger partial charge < -0.3 is 4.74 Å². The summed E-state index contributed by atoms with van der Waals surface area (Å²) in [7, 11) is 0. The number of carbonyl (C=O) groups excluding carboxylic acids is 2. The van der Waals surface area contributed by atoms with Crippen LogP contribution in [0.3, 0.4) is 0 Å². The summed E-state index contributed by atoms with van der Waals surface area (Å²) in [5, 5.41) is 7.10. The van der Waals surface area contributed by atoms with E-state index in [1.165, 1.54) is 11.8 Å². The molecule has 10 heteroatoms. The van der Waals surface area contributed by atoms with Crippen LogP contribution in [0, 0.1) is 13.8 Å². The van der Waals surface area contributed by atoms with Crippen LogP contribution < -0.4 is 15.6 Å². The van der Waals surface area contributed by atoms with Crippen molar-refractivity contribution < 1.29 is 14.3 Å². The van der Waals surface area contributed by atoms with Crippen LogP contribution in [0.5, 0.6) is 5.75 Å². The third kappa shape index (κ3) is 4.90. The molecule has 170 valence electrons. The van der Waals surface area contributed by atoms with E-state index in [2.05, 4.69) is 25.9 Å². The van der Waals surface area contributed by atoms with Gasteiger partial charge in [-0.15, -0.1) is 5.10 Å². The van der Waals surface area contributed by atoms with Gasteiger partial charge in [-0.05, 0) is 49.9 Å². The summed E-state index contributed by atoms with van der Waals surface area (Å²) in [6.07, 6.45) is 1.13. The second-order valence-electron chi connectivity index (χ2n) is 7.55. The van der Waals surface area contributed by atoms with Crippen molar-refractivity contribution in [2.45, 2.75) is 38.5 Å². The van der Waals surface area contributed by atoms with Gasteiger partial charge in [0.25, 0.3) is 11.7 Å². The molecular weight excluding hydrogens is 440 g/mol. The number of rotatable bonds is 6. The minimum Gasteiger partial charge on any atom is -0.481 e. The Bertz CT molecular complexity index is 1350. The van der Waals surface area contributed by atoms with Gasteiger partial charge in [-0.1, -0.05) is 42.1 Å². The second-order valence-corrected chi connectivity index (χ2v) is 8.33. The number of hydrogen-bond acceptors (Lipinski definition) is 7. The van der Waals surface area contributed by atoms with Gasteiger partial charge in [0, 0.05) is 17.0 Å². The summed E-state index contributed by atoms with van der Waals surface area (Å²) < 4.78 is 7.36. The topological polar surface area (TPSA) is 111 Å². The van der Waals surface area contributed by atoms with Gasteiger partial charge in [-0.2, -0.15) is 4.98 Å². The first-order chi connectivity index (χ1) is 15.9. The summed E-state index contributed by atoms with van der Waals surface area (Å²) in [4.78, 5) is 33.7. The van der Waals surface area contributed by atoms with Crippen molar-refractivity contribution in [1.29, 1.82) is 0 Å². The van der Waals surface area contributed by atoms with E-state index in [1.54, 1.807) is 11.4 Å². The molecule has 0 radical (unpaired) electrons. The van der Waals surface area contributed by atoms with E-state index < -0.39 is 12.0 Å². The van der Waals surface area contributed by atoms with E-state index in [1.807, 2.05) is 62.6 Å². The molecule has 0 bridgehead atoms. The molecule has 0 aliphatic rings. The SMILES string of the molecule is CSc1nc2nc(C)c(CC(=O)NNC(=O)C(C)Oc3ccc4ccccc4c3)c(C)n2n1. The van der Waals surface area contributed by atoms with Crippen LogP contribution in [0.25, 0.3) is 16.6 Å². The van der Waals surface area contributed by atoms with Crippen molar-refractivity contribution >= 4 is 40.1 Å². The number of nitrogens with one attached hydrogen (secondary N) is 2. The zero-order valence-electron chi connectivity index (χ0n) is 18.7. The lowest BCUT2D eigenvalue weighted by atomic mass is 10.1. The molecule has 0 saturated carbocycles. The van der Waals surface area contributed by atoms with E-state index in [4.69, 9.17) is 4.74 Å². The normalized spacial score (nSPS) is 12.0. The Balaban J connectivity index is 1.36. The van der Waals surface area contributed by atoms with E-state index in [0.29, 0.717) is 22.4 Å². The lowest BCUT2D eigenvalue weighted by molar-refractivity contribution is -0.132. The van der Waals surface area contributed by atoms with E-state index in [-0.39, 0.29) is 12.3 Å². The molecule has 0 spiro atoms. The maximum atomic E-state index is 12.5. The van der Waals surface area contributed by atoms with Crippen molar-refractivity contribution in [3.8, 4) is 5.75 Å². The zero-order valence-corrected chi connectivity index (χ0v) is 19.6. The van der Waals surface area contributed by atoms with Crippen molar-refractivity contribution in [3.05, 3.63) is 59.4 Å². The number of hydrogen-bond donors (Lipinski definition) is 2. The Labute approximate surface area is 194 Å². The number of nitrogens with zero attached hydrogens (tertiary/aromatic N) is 4. The molecule has 4 rings (SSSR count). The maximum absolute atomic E-state index is 12.5. The molecule has 33 heavy (non-hydrogen) atoms. The molecule has 2 aromatic heterocycles. The fourth-order valence-corrected chi connectivity index (χ4v) is 3.80. The molecule has 9 nitrogen and oxygen atoms in total. The molecule has 2 heterocycles. The summed E-state index contributed by atoms with van der Waals surface area (Å²) >= 11 is 1.42. The van der Waals surface area contributed by atoms with Gasteiger partial charge in [0.1, 0.15) is 5.75 Å². The van der Waals surface area contributed by atoms with E-state index >= 15 is 0 Å². The largest absolute Gasteiger partial charge is 0.481 e. The van der Waals surface area contributed by atoms with E-state index in [0.717, 1.165) is 22.0 Å². The predicted molar refractivity (Wildman–Crippen MR) is 126 cm³/mol. The number of hydrazine groups is 1. The summed E-state index contributed by atoms with van der Waals surface area (Å²) in [6, 6.07) is 13.5. The molecule has 0 fully saturated rings. The second kappa shape index (κ2) is 9.45. The van der Waals surface area contributed by atoms with Crippen molar-refractivity contribution in [3.63, 3.8) is 0 Å². The van der Waals surface area contributed by atoms with Gasteiger partial charge in [-0.25, -0.2) is 9.50 Å². The smallest absolute Gasteiger partial charge is 0.279 e. The minimum atomic E-state index is -0.798. The van der Waals surface area contributed by atoms with E-state index in [9.17, 15) is 9.59 Å². The Morgan fingerprint density at radius 3 is 2.61 bits per heavy atom. The monoisotopic (exact) mass is 464 g/mol. The van der Waals surface area contributed by atoms with Crippen LogP contribution in [0.1, 0.15) is 23.9 Å². The Hall–Kier alpha value is -3.66. The first kappa shape index (κ1) is 22.5. The number of fused-ring (bicyclic) bond motifs is 2. The molecule has 1 atom stereocenters. The number of amides is 2. The highest BCUT2D eigenvalue weighted by molar-refractivity contribution is 7.98. The highest BCUT2D eigenvalue weighted by Crippen LogP contribution is 2.21. The number of aryl methyl sites for hydroxylation is 2. The van der Waals surface area contributed by atoms with Gasteiger partial charge in [0.05, 0.1) is 6.42 Å². The standard InChI is InChI=1S/C23H24N6O3S/c1-13-19(14(2)29-22(24-13)25-23(28-29)33-4)12-20(30)26-27-21(31)15(3)32-18-10-9-16-7-5-6-8-17(16)11-18/h5-11,15H,12H2,1-4H3,(H,26,30)(H,27,31). The Morgan fingerprint density at radius 2 is 1.85 bits per heavy atom. The number of thioether (sulfide) groups is 1. The van der Waals surface area contributed by atoms with Gasteiger partial charge in [0.15, 0.2) is 6.10 Å². The van der Waals surface area contributed by atoms with Gasteiger partial charge in [-0.3, -0.25) is 20.4 Å². The van der Waals surface area contributed by atoms with Crippen LogP contribution in [0.15, 0.2) is 47.6 Å².